The first-order valence-corrected chi connectivity index (χ1v) is 24.8. The predicted molar refractivity (Wildman–Crippen MR) is 224 cm³/mol. The van der Waals surface area contributed by atoms with Crippen LogP contribution in [-0.2, 0) is 75.5 Å². The molecule has 0 aliphatic carbocycles. The molecule has 0 saturated carbocycles. The molecular formula is C45H64O16P2. The maximum atomic E-state index is 14.3. The highest BCUT2D eigenvalue weighted by Crippen LogP contribution is 2.54. The van der Waals surface area contributed by atoms with Gasteiger partial charge in [0.15, 0.2) is 14.2 Å². The smallest absolute Gasteiger partial charge is 0.332 e. The van der Waals surface area contributed by atoms with Gasteiger partial charge in [-0.15, -0.1) is 0 Å². The summed E-state index contributed by atoms with van der Waals surface area (Å²) >= 11 is 0. The molecule has 63 heavy (non-hydrogen) atoms. The van der Waals surface area contributed by atoms with Crippen LogP contribution in [0.4, 0.5) is 0 Å². The SMILES string of the molecule is C=C1C[C@@H]2CC[C@@]34C[C@H]5O[C@H]6[C@@H](O3)[C@H]3O[C@H](CC[C@@H]3O[C@H]6C5O4)CC(=O)OC3[C@H](CC4O[C@@H](CCC1O2)CC(C)=C4COC(=O)COC)O[C@H]1C[C@@H](OP)[C@@H](CCP=O)O[C@H]1[C@@H]3C. The molecule has 18 heteroatoms. The number of hydrogen-bond acceptors (Lipinski definition) is 16. The fourth-order valence-electron chi connectivity index (χ4n) is 12.5. The van der Waals surface area contributed by atoms with E-state index in [1.165, 1.54) is 7.11 Å². The van der Waals surface area contributed by atoms with Crippen LogP contribution in [0.15, 0.2) is 23.3 Å². The fraction of sp³-hybridized carbons (Fsp3) is 0.867. The molecule has 10 fully saturated rings. The molecule has 0 N–H and O–H groups in total. The van der Waals surface area contributed by atoms with E-state index in [-0.39, 0.29) is 101 Å². The first kappa shape index (κ1) is 45.3. The summed E-state index contributed by atoms with van der Waals surface area (Å²) in [5.74, 6) is -2.01. The molecule has 0 aromatic rings. The third-order valence-corrected chi connectivity index (χ3v) is 16.3. The van der Waals surface area contributed by atoms with Crippen molar-refractivity contribution in [2.75, 3.05) is 26.5 Å². The van der Waals surface area contributed by atoms with Crippen LogP contribution in [0, 0.1) is 5.92 Å². The Morgan fingerprint density at radius 3 is 2.37 bits per heavy atom. The first-order valence-electron chi connectivity index (χ1n) is 23.3. The van der Waals surface area contributed by atoms with E-state index in [4.69, 9.17) is 61.4 Å². The van der Waals surface area contributed by atoms with Crippen molar-refractivity contribution in [3.8, 4) is 0 Å². The lowest BCUT2D eigenvalue weighted by Gasteiger charge is -2.51. The quantitative estimate of drug-likeness (QED) is 0.181. The van der Waals surface area contributed by atoms with Gasteiger partial charge < -0.3 is 61.4 Å². The van der Waals surface area contributed by atoms with Gasteiger partial charge in [0.1, 0.15) is 49.8 Å². The number of ether oxygens (including phenoxy) is 12. The van der Waals surface area contributed by atoms with Crippen molar-refractivity contribution < 1.29 is 75.5 Å². The van der Waals surface area contributed by atoms with Crippen LogP contribution < -0.4 is 0 Å². The van der Waals surface area contributed by atoms with Gasteiger partial charge in [0, 0.05) is 54.3 Å². The van der Waals surface area contributed by atoms with Crippen molar-refractivity contribution >= 4 is 29.9 Å². The Bertz CT molecular complexity index is 1770. The highest BCUT2D eigenvalue weighted by atomic mass is 31.1. The molecule has 11 heterocycles. The van der Waals surface area contributed by atoms with Crippen molar-refractivity contribution in [1.82, 2.24) is 0 Å². The molecule has 11 aliphatic heterocycles. The maximum absolute atomic E-state index is 14.3. The Labute approximate surface area is 373 Å². The zero-order chi connectivity index (χ0) is 43.6. The summed E-state index contributed by atoms with van der Waals surface area (Å²) in [5, 5.41) is 0. The van der Waals surface area contributed by atoms with E-state index < -0.39 is 60.5 Å². The lowest BCUT2D eigenvalue weighted by Crippen LogP contribution is -2.62. The van der Waals surface area contributed by atoms with E-state index in [0.29, 0.717) is 57.5 Å². The number of rotatable bonds is 8. The zero-order valence-corrected chi connectivity index (χ0v) is 38.6. The van der Waals surface area contributed by atoms with Gasteiger partial charge in [-0.25, -0.2) is 4.79 Å². The molecule has 5 unspecified atom stereocenters. The normalized spacial score (nSPS) is 48.3. The van der Waals surface area contributed by atoms with E-state index in [9.17, 15) is 14.2 Å². The zero-order valence-electron chi connectivity index (χ0n) is 36.5. The van der Waals surface area contributed by atoms with Crippen molar-refractivity contribution in [1.29, 1.82) is 0 Å². The van der Waals surface area contributed by atoms with Gasteiger partial charge >= 0.3 is 11.9 Å². The van der Waals surface area contributed by atoms with Gasteiger partial charge in [0.2, 0.25) is 0 Å². The van der Waals surface area contributed by atoms with Crippen LogP contribution in [0.5, 0.6) is 0 Å². The summed E-state index contributed by atoms with van der Waals surface area (Å²) < 4.78 is 96.0. The van der Waals surface area contributed by atoms with Crippen molar-refractivity contribution in [2.45, 2.75) is 213 Å². The van der Waals surface area contributed by atoms with Crippen molar-refractivity contribution in [3.05, 3.63) is 23.3 Å². The second kappa shape index (κ2) is 18.9. The molecule has 12 bridgehead atoms. The molecule has 0 aromatic carbocycles. The topological polar surface area (TPSA) is 171 Å². The average molecular weight is 923 g/mol. The number of hydrogen-bond donors (Lipinski definition) is 0. The van der Waals surface area contributed by atoms with Crippen LogP contribution in [0.2, 0.25) is 0 Å². The highest BCUT2D eigenvalue weighted by molar-refractivity contribution is 7.23. The molecule has 11 aliphatic rings. The molecular weight excluding hydrogens is 858 g/mol. The van der Waals surface area contributed by atoms with Gasteiger partial charge in [-0.3, -0.25) is 9.36 Å². The van der Waals surface area contributed by atoms with E-state index in [1.807, 2.05) is 6.92 Å². The van der Waals surface area contributed by atoms with Gasteiger partial charge in [-0.1, -0.05) is 19.1 Å². The second-order valence-electron chi connectivity index (χ2n) is 19.6. The molecule has 11 rings (SSSR count). The summed E-state index contributed by atoms with van der Waals surface area (Å²) in [7, 11) is 3.84. The fourth-order valence-corrected chi connectivity index (χ4v) is 13.1. The molecule has 1 spiro atoms. The maximum Gasteiger partial charge on any atom is 0.332 e. The Hall–Kier alpha value is -1.49. The predicted octanol–water partition coefficient (Wildman–Crippen LogP) is 5.01. The van der Waals surface area contributed by atoms with Crippen LogP contribution in [0.3, 0.4) is 0 Å². The van der Waals surface area contributed by atoms with Crippen LogP contribution in [0.25, 0.3) is 0 Å². The van der Waals surface area contributed by atoms with Crippen LogP contribution in [0.1, 0.15) is 97.3 Å². The molecule has 0 amide bonds. The average Bonchev–Trinajstić information content (AvgIpc) is 3.85. The third kappa shape index (κ3) is 9.02. The third-order valence-electron chi connectivity index (χ3n) is 15.5. The molecule has 350 valence electrons. The largest absolute Gasteiger partial charge is 0.459 e. The van der Waals surface area contributed by atoms with Gasteiger partial charge in [0.25, 0.3) is 0 Å². The summed E-state index contributed by atoms with van der Waals surface area (Å²) in [5.41, 5.74) is 3.02. The molecule has 0 aromatic heterocycles. The van der Waals surface area contributed by atoms with Crippen molar-refractivity contribution in [2.24, 2.45) is 5.92 Å². The number of fused-ring (bicyclic) bond motifs is 7. The lowest BCUT2D eigenvalue weighted by atomic mass is 9.80. The molecule has 10 saturated heterocycles. The first-order chi connectivity index (χ1) is 30.5. The van der Waals surface area contributed by atoms with E-state index in [0.717, 1.165) is 42.4 Å². The summed E-state index contributed by atoms with van der Waals surface area (Å²) in [6.07, 6.45) is 2.18. The minimum absolute atomic E-state index is 0.0206. The number of carbonyl (C=O) groups excluding carboxylic acids is 2. The number of esters is 2. The van der Waals surface area contributed by atoms with Crippen LogP contribution in [-0.4, -0.2) is 154 Å². The lowest BCUT2D eigenvalue weighted by molar-refractivity contribution is -0.293. The van der Waals surface area contributed by atoms with Crippen molar-refractivity contribution in [3.63, 3.8) is 0 Å². The van der Waals surface area contributed by atoms with Crippen LogP contribution >= 0.6 is 17.9 Å². The summed E-state index contributed by atoms with van der Waals surface area (Å²) in [6, 6.07) is 0. The second-order valence-corrected chi connectivity index (χ2v) is 20.6. The minimum Gasteiger partial charge on any atom is -0.459 e. The summed E-state index contributed by atoms with van der Waals surface area (Å²) in [4.78, 5) is 26.9. The number of carbonyl (C=O) groups is 2. The van der Waals surface area contributed by atoms with Gasteiger partial charge in [0.05, 0.1) is 79.7 Å². The Kier molecular flexibility index (Phi) is 13.6. The Balaban J connectivity index is 0.951. The number of methoxy groups -OCH3 is 1. The molecule has 16 nitrogen and oxygen atoms in total. The van der Waals surface area contributed by atoms with E-state index in [1.54, 1.807) is 0 Å². The summed E-state index contributed by atoms with van der Waals surface area (Å²) in [6.45, 7) is 8.44. The van der Waals surface area contributed by atoms with E-state index in [2.05, 4.69) is 23.0 Å². The molecule has 21 atom stereocenters. The van der Waals surface area contributed by atoms with Gasteiger partial charge in [-0.05, 0) is 69.4 Å². The van der Waals surface area contributed by atoms with Gasteiger partial charge in [-0.2, -0.15) is 0 Å². The molecule has 0 radical (unpaired) electrons. The Morgan fingerprint density at radius 2 is 1.54 bits per heavy atom. The standard InChI is InChI=1S/C45H64O16P2/c1-21-13-24-5-7-28-22(2)14-26(51-28)9-11-45-18-35-41(59-45)42-43(57-35)44(60-45)40-30(56-42)8-6-25(53-40)15-36(46)58-39-23(3)38-34(17-32(61-62)29(55-38)10-12-63-48)54-33(39)16-31(52-24)27(21)19-50-37(47)20-49-4/h23-26,28-35,38-44H,2,5-20,62H2,1,3-4H3/t23-,24-,25+,26-,28?,29+,30-,31?,32+,33-,34-,35+,38-,39?,40-,41?,42-,43+,44-,45-/m0/s1. The highest BCUT2D eigenvalue weighted by Gasteiger charge is 2.69. The minimum atomic E-state index is -0.845. The van der Waals surface area contributed by atoms with E-state index >= 15 is 0 Å². The monoisotopic (exact) mass is 922 g/mol. The Morgan fingerprint density at radius 1 is 0.794 bits per heavy atom.